The van der Waals surface area contributed by atoms with Crippen LogP contribution in [0.15, 0.2) is 60.7 Å². The lowest BCUT2D eigenvalue weighted by Crippen LogP contribution is -2.05. The highest BCUT2D eigenvalue weighted by molar-refractivity contribution is 5.71. The minimum Gasteiger partial charge on any atom is -0.493 e. The fourth-order valence-electron chi connectivity index (χ4n) is 3.56. The summed E-state index contributed by atoms with van der Waals surface area (Å²) in [6, 6.07) is 17.8. The predicted octanol–water partition coefficient (Wildman–Crippen LogP) is 4.95. The van der Waals surface area contributed by atoms with Gasteiger partial charge in [0.2, 0.25) is 0 Å². The molecule has 0 saturated heterocycles. The summed E-state index contributed by atoms with van der Waals surface area (Å²) < 4.78 is 26.9. The van der Waals surface area contributed by atoms with Gasteiger partial charge in [-0.05, 0) is 54.2 Å². The molecule has 166 valence electrons. The molecule has 0 bridgehead atoms. The first-order valence-electron chi connectivity index (χ1n) is 10.7. The Labute approximate surface area is 186 Å². The highest BCUT2D eigenvalue weighted by atomic mass is 19.1. The van der Waals surface area contributed by atoms with Crippen molar-refractivity contribution in [3.05, 3.63) is 83.2 Å². The van der Waals surface area contributed by atoms with Crippen LogP contribution in [0.3, 0.4) is 0 Å². The number of carboxylic acid groups (broad SMARTS) is 1. The van der Waals surface area contributed by atoms with E-state index in [1.807, 2.05) is 18.2 Å². The van der Waals surface area contributed by atoms with Crippen molar-refractivity contribution in [3.63, 3.8) is 0 Å². The molecule has 5 nitrogen and oxygen atoms in total. The fourth-order valence-corrected chi connectivity index (χ4v) is 3.56. The van der Waals surface area contributed by atoms with Crippen molar-refractivity contribution in [2.75, 3.05) is 6.61 Å². The number of halogens is 1. The Morgan fingerprint density at radius 2 is 1.81 bits per heavy atom. The average molecular weight is 435 g/mol. The van der Waals surface area contributed by atoms with Crippen LogP contribution in [0.5, 0.6) is 11.5 Å². The first-order valence-corrected chi connectivity index (χ1v) is 10.7. The second kappa shape index (κ2) is 9.83. The maximum Gasteiger partial charge on any atom is 0.307 e. The lowest BCUT2D eigenvalue weighted by atomic mass is 9.99. The van der Waals surface area contributed by atoms with Crippen LogP contribution in [0.25, 0.3) is 11.1 Å². The Hall–Kier alpha value is -3.38. The van der Waals surface area contributed by atoms with Gasteiger partial charge < -0.3 is 20.3 Å². The summed E-state index contributed by atoms with van der Waals surface area (Å²) >= 11 is 0. The van der Waals surface area contributed by atoms with Gasteiger partial charge in [-0.3, -0.25) is 4.79 Å². The van der Waals surface area contributed by atoms with Gasteiger partial charge in [-0.2, -0.15) is 0 Å². The van der Waals surface area contributed by atoms with Crippen LogP contribution in [-0.2, 0) is 24.4 Å². The van der Waals surface area contributed by atoms with E-state index in [4.69, 9.17) is 20.3 Å². The zero-order valence-electron chi connectivity index (χ0n) is 17.7. The first kappa shape index (κ1) is 21.8. The number of carbonyl (C=O) groups is 1. The van der Waals surface area contributed by atoms with Gasteiger partial charge in [-0.1, -0.05) is 36.4 Å². The molecule has 0 heterocycles. The molecule has 1 aliphatic rings. The molecule has 32 heavy (non-hydrogen) atoms. The third-order valence-corrected chi connectivity index (χ3v) is 5.47. The van der Waals surface area contributed by atoms with E-state index in [0.717, 1.165) is 5.56 Å². The topological polar surface area (TPSA) is 81.8 Å². The van der Waals surface area contributed by atoms with Crippen molar-refractivity contribution >= 4 is 5.97 Å². The smallest absolute Gasteiger partial charge is 0.307 e. The van der Waals surface area contributed by atoms with E-state index in [1.54, 1.807) is 42.5 Å². The van der Waals surface area contributed by atoms with Crippen LogP contribution in [0.1, 0.15) is 29.5 Å². The van der Waals surface area contributed by atoms with E-state index in [2.05, 4.69) is 0 Å². The molecule has 1 fully saturated rings. The van der Waals surface area contributed by atoms with Crippen LogP contribution in [0.2, 0.25) is 0 Å². The van der Waals surface area contributed by atoms with E-state index in [9.17, 15) is 9.18 Å². The maximum atomic E-state index is 15.0. The highest BCUT2D eigenvalue weighted by Crippen LogP contribution is 2.33. The quantitative estimate of drug-likeness (QED) is 0.471. The Morgan fingerprint density at radius 1 is 1.03 bits per heavy atom. The summed E-state index contributed by atoms with van der Waals surface area (Å²) in [5.41, 5.74) is 8.67. The lowest BCUT2D eigenvalue weighted by Gasteiger charge is -2.15. The van der Waals surface area contributed by atoms with Crippen LogP contribution in [0, 0.1) is 11.7 Å². The lowest BCUT2D eigenvalue weighted by molar-refractivity contribution is -0.136. The van der Waals surface area contributed by atoms with Crippen molar-refractivity contribution in [1.29, 1.82) is 0 Å². The van der Waals surface area contributed by atoms with E-state index in [0.29, 0.717) is 46.3 Å². The summed E-state index contributed by atoms with van der Waals surface area (Å²) in [6.45, 7) is 0.951. The third kappa shape index (κ3) is 5.45. The number of hydrogen-bond acceptors (Lipinski definition) is 4. The van der Waals surface area contributed by atoms with Crippen LogP contribution in [-0.4, -0.2) is 17.7 Å². The molecule has 0 unspecified atom stereocenters. The Kier molecular flexibility index (Phi) is 6.71. The number of hydrogen-bond donors (Lipinski definition) is 2. The monoisotopic (exact) mass is 435 g/mol. The first-order chi connectivity index (χ1) is 15.5. The van der Waals surface area contributed by atoms with Gasteiger partial charge in [0.1, 0.15) is 23.9 Å². The molecule has 0 spiro atoms. The Balaban J connectivity index is 1.62. The van der Waals surface area contributed by atoms with Crippen LogP contribution in [0.4, 0.5) is 4.39 Å². The minimum atomic E-state index is -0.922. The summed E-state index contributed by atoms with van der Waals surface area (Å²) in [6.07, 6.45) is 2.22. The SMILES string of the molecule is NCc1cccc(-c2cc(COc3ccccc3CC(=O)O)cc(OCC3CC3)c2)c1F. The number of benzene rings is 3. The molecule has 1 aliphatic carbocycles. The van der Waals surface area contributed by atoms with Gasteiger partial charge in [0.25, 0.3) is 0 Å². The van der Waals surface area contributed by atoms with Gasteiger partial charge >= 0.3 is 5.97 Å². The number of rotatable bonds is 10. The van der Waals surface area contributed by atoms with E-state index >= 15 is 0 Å². The molecule has 6 heteroatoms. The molecule has 0 atom stereocenters. The molecule has 0 amide bonds. The Bertz CT molecular complexity index is 1110. The predicted molar refractivity (Wildman–Crippen MR) is 120 cm³/mol. The summed E-state index contributed by atoms with van der Waals surface area (Å²) in [4.78, 5) is 11.1. The average Bonchev–Trinajstić information content (AvgIpc) is 3.61. The van der Waals surface area contributed by atoms with Gasteiger partial charge in [-0.15, -0.1) is 0 Å². The molecular weight excluding hydrogens is 409 g/mol. The molecule has 4 rings (SSSR count). The molecule has 3 aromatic rings. The second-order valence-electron chi connectivity index (χ2n) is 8.07. The molecule has 0 aliphatic heterocycles. The van der Waals surface area contributed by atoms with Gasteiger partial charge in [0.15, 0.2) is 0 Å². The van der Waals surface area contributed by atoms with Crippen LogP contribution >= 0.6 is 0 Å². The number of aliphatic carboxylic acids is 1. The summed E-state index contributed by atoms with van der Waals surface area (Å²) in [7, 11) is 0. The standard InChI is InChI=1S/C26H26FNO4/c27-26-20(14-28)5-3-6-23(26)21-10-18(11-22(12-21)31-15-17-8-9-17)16-32-24-7-2-1-4-19(24)13-25(29)30/h1-7,10-12,17H,8-9,13-16,28H2,(H,29,30). The fraction of sp³-hybridized carbons (Fsp3) is 0.269. The molecule has 3 N–H and O–H groups in total. The highest BCUT2D eigenvalue weighted by Gasteiger charge is 2.22. The van der Waals surface area contributed by atoms with Crippen molar-refractivity contribution in [1.82, 2.24) is 0 Å². The molecule has 1 saturated carbocycles. The van der Waals surface area contributed by atoms with Gasteiger partial charge in [-0.25, -0.2) is 4.39 Å². The van der Waals surface area contributed by atoms with E-state index in [-0.39, 0.29) is 25.4 Å². The van der Waals surface area contributed by atoms with E-state index < -0.39 is 5.97 Å². The molecule has 0 aromatic heterocycles. The van der Waals surface area contributed by atoms with Crippen molar-refractivity contribution in [2.24, 2.45) is 11.7 Å². The van der Waals surface area contributed by atoms with Gasteiger partial charge in [0.05, 0.1) is 13.0 Å². The molecule has 3 aromatic carbocycles. The number of nitrogens with two attached hydrogens (primary N) is 1. The normalized spacial score (nSPS) is 13.1. The van der Waals surface area contributed by atoms with Crippen molar-refractivity contribution < 1.29 is 23.8 Å². The molecular formula is C26H26FNO4. The molecule has 0 radical (unpaired) electrons. The van der Waals surface area contributed by atoms with Crippen LogP contribution < -0.4 is 15.2 Å². The third-order valence-electron chi connectivity index (χ3n) is 5.47. The summed E-state index contributed by atoms with van der Waals surface area (Å²) in [5, 5.41) is 9.14. The largest absolute Gasteiger partial charge is 0.493 e. The van der Waals surface area contributed by atoms with Crippen molar-refractivity contribution in [2.45, 2.75) is 32.4 Å². The zero-order chi connectivity index (χ0) is 22.5. The summed E-state index contributed by atoms with van der Waals surface area (Å²) in [5.74, 6) is 0.488. The maximum absolute atomic E-state index is 15.0. The van der Waals surface area contributed by atoms with Crippen molar-refractivity contribution in [3.8, 4) is 22.6 Å². The number of para-hydroxylation sites is 1. The Morgan fingerprint density at radius 3 is 2.56 bits per heavy atom. The van der Waals surface area contributed by atoms with Gasteiger partial charge in [0, 0.05) is 23.2 Å². The number of ether oxygens (including phenoxy) is 2. The van der Waals surface area contributed by atoms with E-state index in [1.165, 1.54) is 12.8 Å². The zero-order valence-corrected chi connectivity index (χ0v) is 17.7. The second-order valence-corrected chi connectivity index (χ2v) is 8.07. The minimum absolute atomic E-state index is 0.119. The number of carboxylic acids is 1.